The third kappa shape index (κ3) is 4.00. The summed E-state index contributed by atoms with van der Waals surface area (Å²) in [5, 5.41) is 15.6. The fraction of sp³-hybridized carbons (Fsp3) is 0.0500. The van der Waals surface area contributed by atoms with Gasteiger partial charge in [0.1, 0.15) is 11.9 Å². The number of para-hydroxylation sites is 1. The number of anilines is 3. The van der Waals surface area contributed by atoms with Gasteiger partial charge in [-0.25, -0.2) is 4.98 Å². The molecule has 2 aromatic carbocycles. The van der Waals surface area contributed by atoms with Crippen LogP contribution in [0.1, 0.15) is 21.5 Å². The quantitative estimate of drug-likeness (QED) is 0.691. The molecule has 26 heavy (non-hydrogen) atoms. The van der Waals surface area contributed by atoms with Crippen LogP contribution < -0.4 is 10.6 Å². The van der Waals surface area contributed by atoms with Crippen molar-refractivity contribution < 1.29 is 4.79 Å². The second-order valence-corrected chi connectivity index (χ2v) is 6.04. The van der Waals surface area contributed by atoms with Gasteiger partial charge in [-0.1, -0.05) is 29.8 Å². The second kappa shape index (κ2) is 7.68. The Kier molecular flexibility index (Phi) is 5.16. The highest BCUT2D eigenvalue weighted by Crippen LogP contribution is 2.21. The zero-order chi connectivity index (χ0) is 18.5. The third-order valence-corrected chi connectivity index (χ3v) is 4.17. The maximum atomic E-state index is 12.3. The molecule has 6 heteroatoms. The van der Waals surface area contributed by atoms with Crippen molar-refractivity contribution in [2.75, 3.05) is 10.6 Å². The number of pyridine rings is 1. The van der Waals surface area contributed by atoms with E-state index in [9.17, 15) is 4.79 Å². The molecule has 5 nitrogen and oxygen atoms in total. The van der Waals surface area contributed by atoms with Crippen molar-refractivity contribution in [1.82, 2.24) is 4.98 Å². The summed E-state index contributed by atoms with van der Waals surface area (Å²) < 4.78 is 0. The number of amides is 1. The molecule has 0 saturated heterocycles. The topological polar surface area (TPSA) is 77.8 Å². The minimum absolute atomic E-state index is 0.276. The van der Waals surface area contributed by atoms with Gasteiger partial charge in [0.15, 0.2) is 0 Å². The number of nitrogens with one attached hydrogen (secondary N) is 2. The second-order valence-electron chi connectivity index (χ2n) is 5.63. The average Bonchev–Trinajstić information content (AvgIpc) is 2.66. The van der Waals surface area contributed by atoms with Gasteiger partial charge < -0.3 is 10.6 Å². The van der Waals surface area contributed by atoms with Crippen LogP contribution in [0.25, 0.3) is 0 Å². The number of nitrogens with zero attached hydrogens (tertiary/aromatic N) is 2. The highest BCUT2D eigenvalue weighted by Gasteiger charge is 2.08. The largest absolute Gasteiger partial charge is 0.339 e. The van der Waals surface area contributed by atoms with Crippen molar-refractivity contribution in [3.63, 3.8) is 0 Å². The first-order valence-corrected chi connectivity index (χ1v) is 8.24. The molecule has 3 aromatic rings. The van der Waals surface area contributed by atoms with Crippen molar-refractivity contribution >= 4 is 34.7 Å². The molecule has 0 bridgehead atoms. The van der Waals surface area contributed by atoms with Crippen molar-refractivity contribution in [3.05, 3.63) is 82.5 Å². The number of benzene rings is 2. The number of halogens is 1. The van der Waals surface area contributed by atoms with Crippen molar-refractivity contribution in [2.24, 2.45) is 0 Å². The van der Waals surface area contributed by atoms with Crippen LogP contribution in [0.5, 0.6) is 0 Å². The smallest absolute Gasteiger partial charge is 0.257 e. The molecule has 0 saturated carbocycles. The lowest BCUT2D eigenvalue weighted by Gasteiger charge is -2.09. The lowest BCUT2D eigenvalue weighted by molar-refractivity contribution is 0.102. The highest BCUT2D eigenvalue weighted by atomic mass is 35.5. The lowest BCUT2D eigenvalue weighted by Crippen LogP contribution is -2.12. The summed E-state index contributed by atoms with van der Waals surface area (Å²) in [6.07, 6.45) is 1.47. The van der Waals surface area contributed by atoms with Gasteiger partial charge in [0, 0.05) is 16.9 Å². The fourth-order valence-corrected chi connectivity index (χ4v) is 2.48. The first-order chi connectivity index (χ1) is 12.6. The van der Waals surface area contributed by atoms with E-state index in [2.05, 4.69) is 21.7 Å². The number of hydrogen-bond donors (Lipinski definition) is 2. The predicted molar refractivity (Wildman–Crippen MR) is 103 cm³/mol. The first-order valence-electron chi connectivity index (χ1n) is 7.86. The Balaban J connectivity index is 1.71. The summed E-state index contributed by atoms with van der Waals surface area (Å²) in [4.78, 5) is 16.6. The Hall–Kier alpha value is -3.36. The Morgan fingerprint density at radius 3 is 2.65 bits per heavy atom. The van der Waals surface area contributed by atoms with Gasteiger partial charge in [0.05, 0.1) is 16.8 Å². The summed E-state index contributed by atoms with van der Waals surface area (Å²) in [6, 6.07) is 17.9. The van der Waals surface area contributed by atoms with E-state index in [4.69, 9.17) is 16.9 Å². The minimum atomic E-state index is -0.276. The van der Waals surface area contributed by atoms with Gasteiger partial charge in [-0.3, -0.25) is 4.79 Å². The number of nitriles is 1. The number of carbonyl (C=O) groups is 1. The lowest BCUT2D eigenvalue weighted by atomic mass is 10.2. The molecule has 1 heterocycles. The normalized spacial score (nSPS) is 10.0. The standard InChI is InChI=1S/C20H15ClN4O/c1-13-6-8-16(10-17(13)21)24-20(26)15-7-9-19(23-12-15)25-18-5-3-2-4-14(18)11-22/h2-10,12H,1H3,(H,23,25)(H,24,26). The van der Waals surface area contributed by atoms with Gasteiger partial charge in [-0.05, 0) is 48.9 Å². The molecule has 0 spiro atoms. The van der Waals surface area contributed by atoms with E-state index >= 15 is 0 Å². The number of hydrogen-bond acceptors (Lipinski definition) is 4. The maximum absolute atomic E-state index is 12.3. The average molecular weight is 363 g/mol. The molecule has 2 N–H and O–H groups in total. The van der Waals surface area contributed by atoms with Crippen molar-refractivity contribution in [3.8, 4) is 6.07 Å². The summed E-state index contributed by atoms with van der Waals surface area (Å²) in [6.45, 7) is 1.90. The van der Waals surface area contributed by atoms with Gasteiger partial charge in [-0.2, -0.15) is 5.26 Å². The summed E-state index contributed by atoms with van der Waals surface area (Å²) >= 11 is 6.07. The van der Waals surface area contributed by atoms with Gasteiger partial charge in [-0.15, -0.1) is 0 Å². The third-order valence-electron chi connectivity index (χ3n) is 3.77. The van der Waals surface area contributed by atoms with Crippen LogP contribution in [-0.2, 0) is 0 Å². The van der Waals surface area contributed by atoms with Crippen LogP contribution in [0, 0.1) is 18.3 Å². The Bertz CT molecular complexity index is 993. The number of aromatic nitrogens is 1. The predicted octanol–water partition coefficient (Wildman–Crippen LogP) is 4.91. The van der Waals surface area contributed by atoms with E-state index in [0.717, 1.165) is 5.56 Å². The zero-order valence-corrected chi connectivity index (χ0v) is 14.7. The summed E-state index contributed by atoms with van der Waals surface area (Å²) in [7, 11) is 0. The van der Waals surface area contributed by atoms with E-state index in [1.165, 1.54) is 6.20 Å². The van der Waals surface area contributed by atoms with Crippen LogP contribution in [0.15, 0.2) is 60.8 Å². The molecule has 0 unspecified atom stereocenters. The molecular weight excluding hydrogens is 348 g/mol. The fourth-order valence-electron chi connectivity index (χ4n) is 2.30. The SMILES string of the molecule is Cc1ccc(NC(=O)c2ccc(Nc3ccccc3C#N)nc2)cc1Cl. The molecule has 0 atom stereocenters. The van der Waals surface area contributed by atoms with Gasteiger partial charge in [0.2, 0.25) is 0 Å². The number of carbonyl (C=O) groups excluding carboxylic acids is 1. The molecule has 1 aromatic heterocycles. The van der Waals surface area contributed by atoms with E-state index in [0.29, 0.717) is 33.3 Å². The van der Waals surface area contributed by atoms with Gasteiger partial charge >= 0.3 is 0 Å². The van der Waals surface area contributed by atoms with Crippen LogP contribution in [0.2, 0.25) is 5.02 Å². The van der Waals surface area contributed by atoms with E-state index < -0.39 is 0 Å². The van der Waals surface area contributed by atoms with Crippen LogP contribution in [0.4, 0.5) is 17.2 Å². The highest BCUT2D eigenvalue weighted by molar-refractivity contribution is 6.31. The summed E-state index contributed by atoms with van der Waals surface area (Å²) in [5.74, 6) is 0.268. The molecular formula is C20H15ClN4O. The first kappa shape index (κ1) is 17.5. The molecule has 3 rings (SSSR count). The van der Waals surface area contributed by atoms with Gasteiger partial charge in [0.25, 0.3) is 5.91 Å². The van der Waals surface area contributed by atoms with Crippen LogP contribution in [0.3, 0.4) is 0 Å². The van der Waals surface area contributed by atoms with E-state index in [-0.39, 0.29) is 5.91 Å². The monoisotopic (exact) mass is 362 g/mol. The Morgan fingerprint density at radius 2 is 1.96 bits per heavy atom. The molecule has 0 aliphatic carbocycles. The molecule has 0 aliphatic heterocycles. The van der Waals surface area contributed by atoms with Crippen LogP contribution in [-0.4, -0.2) is 10.9 Å². The number of aryl methyl sites for hydroxylation is 1. The molecule has 0 radical (unpaired) electrons. The molecule has 1 amide bonds. The zero-order valence-electron chi connectivity index (χ0n) is 14.0. The Morgan fingerprint density at radius 1 is 1.15 bits per heavy atom. The van der Waals surface area contributed by atoms with E-state index in [1.807, 2.05) is 19.1 Å². The molecule has 0 fully saturated rings. The molecule has 0 aliphatic rings. The van der Waals surface area contributed by atoms with E-state index in [1.54, 1.807) is 42.5 Å². The van der Waals surface area contributed by atoms with Crippen molar-refractivity contribution in [1.29, 1.82) is 5.26 Å². The maximum Gasteiger partial charge on any atom is 0.257 e. The Labute approximate surface area is 156 Å². The summed E-state index contributed by atoms with van der Waals surface area (Å²) in [5.41, 5.74) is 3.16. The minimum Gasteiger partial charge on any atom is -0.339 e. The number of rotatable bonds is 4. The van der Waals surface area contributed by atoms with Crippen molar-refractivity contribution in [2.45, 2.75) is 6.92 Å². The van der Waals surface area contributed by atoms with Crippen LogP contribution >= 0.6 is 11.6 Å². The molecule has 128 valence electrons.